The van der Waals surface area contributed by atoms with Crippen LogP contribution in [0.25, 0.3) is 0 Å². The van der Waals surface area contributed by atoms with Crippen molar-refractivity contribution in [3.8, 4) is 6.07 Å². The Balaban J connectivity index is 3.26. The fraction of sp³-hybridized carbons (Fsp3) is 0.750. The molecule has 0 heterocycles. The van der Waals surface area contributed by atoms with Crippen LogP contribution in [0, 0.1) is 11.3 Å². The van der Waals surface area contributed by atoms with E-state index in [4.69, 9.17) is 10.4 Å². The van der Waals surface area contributed by atoms with Gasteiger partial charge in [0.15, 0.2) is 0 Å². The average molecular weight is 202 g/mol. The van der Waals surface area contributed by atoms with Crippen LogP contribution in [0.3, 0.4) is 0 Å². The first-order valence-corrected chi connectivity index (χ1v) is 5.21. The number of amides is 1. The molecule has 5 heteroatoms. The fourth-order valence-corrected chi connectivity index (χ4v) is 1.14. The highest BCUT2D eigenvalue weighted by molar-refractivity contribution is 8.00. The van der Waals surface area contributed by atoms with E-state index in [-0.39, 0.29) is 12.0 Å². The van der Waals surface area contributed by atoms with Gasteiger partial charge in [0.25, 0.3) is 0 Å². The Kier molecular flexibility index (Phi) is 7.45. The van der Waals surface area contributed by atoms with E-state index in [1.54, 1.807) is 6.92 Å². The summed E-state index contributed by atoms with van der Waals surface area (Å²) >= 11 is 1.28. The Hall–Kier alpha value is -0.730. The molecule has 0 aromatic carbocycles. The fourth-order valence-electron chi connectivity index (χ4n) is 0.661. The van der Waals surface area contributed by atoms with Gasteiger partial charge < -0.3 is 10.4 Å². The first-order chi connectivity index (χ1) is 6.16. The standard InChI is InChI=1S/C8H14N2O2S/c1-7(11)2-4-10-8(12)6-13-5-3-9/h7,11H,2,4-6H2,1H3,(H,10,12). The third-order valence-corrected chi connectivity index (χ3v) is 2.08. The van der Waals surface area contributed by atoms with Crippen LogP contribution in [-0.4, -0.2) is 35.2 Å². The van der Waals surface area contributed by atoms with Crippen LogP contribution in [0.4, 0.5) is 0 Å². The molecule has 0 saturated heterocycles. The van der Waals surface area contributed by atoms with Gasteiger partial charge in [0.1, 0.15) is 0 Å². The van der Waals surface area contributed by atoms with Crippen molar-refractivity contribution >= 4 is 17.7 Å². The minimum absolute atomic E-state index is 0.0825. The first kappa shape index (κ1) is 12.3. The van der Waals surface area contributed by atoms with E-state index in [0.29, 0.717) is 24.5 Å². The quantitative estimate of drug-likeness (QED) is 0.600. The summed E-state index contributed by atoms with van der Waals surface area (Å²) in [6.07, 6.45) is 0.182. The van der Waals surface area contributed by atoms with Gasteiger partial charge in [-0.2, -0.15) is 5.26 Å². The summed E-state index contributed by atoms with van der Waals surface area (Å²) in [4.78, 5) is 11.0. The van der Waals surface area contributed by atoms with E-state index in [0.717, 1.165) is 0 Å². The van der Waals surface area contributed by atoms with Crippen LogP contribution < -0.4 is 5.32 Å². The molecular weight excluding hydrogens is 188 g/mol. The zero-order valence-electron chi connectivity index (χ0n) is 7.62. The smallest absolute Gasteiger partial charge is 0.230 e. The molecule has 0 spiro atoms. The molecule has 0 rings (SSSR count). The molecule has 1 amide bonds. The zero-order chi connectivity index (χ0) is 10.1. The van der Waals surface area contributed by atoms with Crippen molar-refractivity contribution in [3.05, 3.63) is 0 Å². The number of aliphatic hydroxyl groups is 1. The number of carbonyl (C=O) groups is 1. The molecule has 0 aromatic heterocycles. The van der Waals surface area contributed by atoms with E-state index in [1.807, 2.05) is 6.07 Å². The van der Waals surface area contributed by atoms with Crippen molar-refractivity contribution < 1.29 is 9.90 Å². The van der Waals surface area contributed by atoms with E-state index in [9.17, 15) is 4.79 Å². The average Bonchev–Trinajstić information content (AvgIpc) is 2.04. The van der Waals surface area contributed by atoms with Crippen molar-refractivity contribution in [2.75, 3.05) is 18.1 Å². The molecule has 74 valence electrons. The van der Waals surface area contributed by atoms with E-state index in [1.165, 1.54) is 11.8 Å². The number of carbonyl (C=O) groups excluding carboxylic acids is 1. The van der Waals surface area contributed by atoms with E-state index < -0.39 is 0 Å². The van der Waals surface area contributed by atoms with Crippen LogP contribution in [0.15, 0.2) is 0 Å². The number of hydrogen-bond donors (Lipinski definition) is 2. The third kappa shape index (κ3) is 9.18. The van der Waals surface area contributed by atoms with Gasteiger partial charge in [0.05, 0.1) is 23.7 Å². The molecule has 0 aromatic rings. The third-order valence-electron chi connectivity index (χ3n) is 1.28. The lowest BCUT2D eigenvalue weighted by molar-refractivity contribution is -0.118. The maximum atomic E-state index is 11.0. The maximum Gasteiger partial charge on any atom is 0.230 e. The topological polar surface area (TPSA) is 73.1 Å². The number of hydrogen-bond acceptors (Lipinski definition) is 4. The predicted molar refractivity (Wildman–Crippen MR) is 52.2 cm³/mol. The van der Waals surface area contributed by atoms with Crippen LogP contribution in [0.2, 0.25) is 0 Å². The summed E-state index contributed by atoms with van der Waals surface area (Å²) in [6, 6.07) is 1.94. The molecule has 0 radical (unpaired) electrons. The van der Waals surface area contributed by atoms with Crippen molar-refractivity contribution in [2.24, 2.45) is 0 Å². The van der Waals surface area contributed by atoms with Crippen LogP contribution in [-0.2, 0) is 4.79 Å². The van der Waals surface area contributed by atoms with Crippen molar-refractivity contribution in [1.82, 2.24) is 5.32 Å². The summed E-state index contributed by atoms with van der Waals surface area (Å²) in [5.74, 6) is 0.567. The Labute approximate surface area is 82.3 Å². The van der Waals surface area contributed by atoms with Gasteiger partial charge in [-0.05, 0) is 13.3 Å². The monoisotopic (exact) mass is 202 g/mol. The van der Waals surface area contributed by atoms with Gasteiger partial charge in [0, 0.05) is 6.54 Å². The Morgan fingerprint density at radius 2 is 2.46 bits per heavy atom. The molecule has 4 nitrogen and oxygen atoms in total. The number of rotatable bonds is 6. The Morgan fingerprint density at radius 3 is 3.00 bits per heavy atom. The molecule has 0 aliphatic rings. The first-order valence-electron chi connectivity index (χ1n) is 4.06. The second-order valence-corrected chi connectivity index (χ2v) is 3.62. The van der Waals surface area contributed by atoms with Gasteiger partial charge in [-0.1, -0.05) is 0 Å². The number of aliphatic hydroxyl groups excluding tert-OH is 1. The summed E-state index contributed by atoms with van der Waals surface area (Å²) in [7, 11) is 0. The van der Waals surface area contributed by atoms with Gasteiger partial charge in [-0.25, -0.2) is 0 Å². The van der Waals surface area contributed by atoms with Crippen molar-refractivity contribution in [2.45, 2.75) is 19.4 Å². The van der Waals surface area contributed by atoms with Gasteiger partial charge >= 0.3 is 0 Å². The van der Waals surface area contributed by atoms with Gasteiger partial charge in [0.2, 0.25) is 5.91 Å². The predicted octanol–water partition coefficient (Wildman–Crippen LogP) is 0.130. The molecule has 0 aliphatic carbocycles. The molecular formula is C8H14N2O2S. The number of nitrogens with zero attached hydrogens (tertiary/aromatic N) is 1. The highest BCUT2D eigenvalue weighted by atomic mass is 32.2. The van der Waals surface area contributed by atoms with Crippen molar-refractivity contribution in [1.29, 1.82) is 5.26 Å². The summed E-state index contributed by atoms with van der Waals surface area (Å²) in [5.41, 5.74) is 0. The van der Waals surface area contributed by atoms with Gasteiger partial charge in [-0.3, -0.25) is 4.79 Å². The Morgan fingerprint density at radius 1 is 1.77 bits per heavy atom. The highest BCUT2D eigenvalue weighted by Crippen LogP contribution is 1.96. The maximum absolute atomic E-state index is 11.0. The van der Waals surface area contributed by atoms with Gasteiger partial charge in [-0.15, -0.1) is 11.8 Å². The summed E-state index contributed by atoms with van der Waals surface area (Å²) in [6.45, 7) is 2.17. The van der Waals surface area contributed by atoms with Crippen LogP contribution >= 0.6 is 11.8 Å². The molecule has 2 N–H and O–H groups in total. The lowest BCUT2D eigenvalue weighted by Crippen LogP contribution is -2.28. The number of nitrogens with one attached hydrogen (secondary N) is 1. The molecule has 0 saturated carbocycles. The highest BCUT2D eigenvalue weighted by Gasteiger charge is 2.01. The van der Waals surface area contributed by atoms with E-state index in [2.05, 4.69) is 5.32 Å². The lowest BCUT2D eigenvalue weighted by atomic mass is 10.3. The van der Waals surface area contributed by atoms with Crippen molar-refractivity contribution in [3.63, 3.8) is 0 Å². The SMILES string of the molecule is CC(O)CCNC(=O)CSCC#N. The normalized spacial score (nSPS) is 11.8. The zero-order valence-corrected chi connectivity index (χ0v) is 8.43. The van der Waals surface area contributed by atoms with Crippen LogP contribution in [0.1, 0.15) is 13.3 Å². The van der Waals surface area contributed by atoms with Crippen LogP contribution in [0.5, 0.6) is 0 Å². The summed E-state index contributed by atoms with van der Waals surface area (Å²) < 4.78 is 0. The molecule has 1 atom stereocenters. The molecule has 13 heavy (non-hydrogen) atoms. The molecule has 0 bridgehead atoms. The minimum Gasteiger partial charge on any atom is -0.393 e. The number of thioether (sulfide) groups is 1. The second-order valence-electron chi connectivity index (χ2n) is 2.64. The van der Waals surface area contributed by atoms with E-state index >= 15 is 0 Å². The molecule has 0 aliphatic heterocycles. The minimum atomic E-state index is -0.382. The molecule has 0 fully saturated rings. The Bertz CT molecular complexity index is 189. The summed E-state index contributed by atoms with van der Waals surface area (Å²) in [5, 5.41) is 19.7. The second kappa shape index (κ2) is 7.90. The lowest BCUT2D eigenvalue weighted by Gasteiger charge is -2.05. The molecule has 1 unspecified atom stereocenters. The number of nitriles is 1. The largest absolute Gasteiger partial charge is 0.393 e.